The zero-order chi connectivity index (χ0) is 26.9. The molecule has 2 aliphatic rings. The van der Waals surface area contributed by atoms with E-state index < -0.39 is 24.2 Å². The molecule has 1 aliphatic carbocycles. The number of ether oxygens (including phenoxy) is 3. The molecule has 1 heterocycles. The summed E-state index contributed by atoms with van der Waals surface area (Å²) in [5, 5.41) is 0. The van der Waals surface area contributed by atoms with Crippen LogP contribution >= 0.6 is 0 Å². The third-order valence-corrected chi connectivity index (χ3v) is 6.55. The van der Waals surface area contributed by atoms with Gasteiger partial charge in [0.05, 0.1) is 19.3 Å². The fourth-order valence-electron chi connectivity index (χ4n) is 4.82. The molecular formula is C30H34N2O6. The van der Waals surface area contributed by atoms with Gasteiger partial charge >= 0.3 is 18.0 Å². The van der Waals surface area contributed by atoms with E-state index in [2.05, 4.69) is 0 Å². The predicted octanol–water partition coefficient (Wildman–Crippen LogP) is 5.96. The molecule has 1 aliphatic heterocycles. The van der Waals surface area contributed by atoms with Crippen LogP contribution in [-0.2, 0) is 23.8 Å². The number of amides is 1. The molecule has 1 unspecified atom stereocenters. The first-order valence-corrected chi connectivity index (χ1v) is 13.2. The van der Waals surface area contributed by atoms with Gasteiger partial charge < -0.3 is 19.1 Å². The number of hydrogen-bond acceptors (Lipinski definition) is 7. The Balaban J connectivity index is 1.84. The summed E-state index contributed by atoms with van der Waals surface area (Å²) >= 11 is 0. The SMILES string of the molecule is CCOC(=O)/C=C(\C(=O)OCC)N1C=Cc2ccccc2C1N(C(=O)OC1CCCCC1)c1ccccc1. The van der Waals surface area contributed by atoms with Gasteiger partial charge in [-0.25, -0.2) is 14.4 Å². The van der Waals surface area contributed by atoms with Crippen molar-refractivity contribution in [3.8, 4) is 0 Å². The van der Waals surface area contributed by atoms with Crippen LogP contribution in [0.3, 0.4) is 0 Å². The summed E-state index contributed by atoms with van der Waals surface area (Å²) in [7, 11) is 0. The van der Waals surface area contributed by atoms with E-state index in [0.717, 1.165) is 49.3 Å². The van der Waals surface area contributed by atoms with E-state index in [4.69, 9.17) is 14.2 Å². The van der Waals surface area contributed by atoms with Crippen molar-refractivity contribution in [1.82, 2.24) is 4.90 Å². The van der Waals surface area contributed by atoms with Gasteiger partial charge in [0.2, 0.25) is 0 Å². The molecule has 4 rings (SSSR count). The molecule has 1 amide bonds. The Morgan fingerprint density at radius 1 is 0.921 bits per heavy atom. The zero-order valence-corrected chi connectivity index (χ0v) is 21.9. The van der Waals surface area contributed by atoms with Crippen molar-refractivity contribution in [2.45, 2.75) is 58.2 Å². The molecule has 2 aromatic rings. The van der Waals surface area contributed by atoms with Gasteiger partial charge in [-0.05, 0) is 63.3 Å². The maximum atomic E-state index is 13.9. The van der Waals surface area contributed by atoms with Gasteiger partial charge in [-0.3, -0.25) is 4.90 Å². The molecule has 0 spiro atoms. The van der Waals surface area contributed by atoms with Gasteiger partial charge in [0.1, 0.15) is 18.0 Å². The Hall–Kier alpha value is -4.07. The molecule has 200 valence electrons. The molecule has 2 aromatic carbocycles. The Labute approximate surface area is 223 Å². The maximum absolute atomic E-state index is 13.9. The first kappa shape index (κ1) is 27.0. The topological polar surface area (TPSA) is 85.4 Å². The van der Waals surface area contributed by atoms with Crippen LogP contribution in [0.4, 0.5) is 10.5 Å². The van der Waals surface area contributed by atoms with Gasteiger partial charge in [-0.2, -0.15) is 0 Å². The highest BCUT2D eigenvalue weighted by Crippen LogP contribution is 2.39. The lowest BCUT2D eigenvalue weighted by Crippen LogP contribution is -2.46. The normalized spacial score (nSPS) is 17.4. The lowest BCUT2D eigenvalue weighted by Gasteiger charge is -2.42. The van der Waals surface area contributed by atoms with E-state index in [0.29, 0.717) is 5.69 Å². The Morgan fingerprint density at radius 3 is 2.32 bits per heavy atom. The molecule has 8 heteroatoms. The summed E-state index contributed by atoms with van der Waals surface area (Å²) in [4.78, 5) is 42.8. The lowest BCUT2D eigenvalue weighted by molar-refractivity contribution is -0.142. The summed E-state index contributed by atoms with van der Waals surface area (Å²) in [6.07, 6.45) is 7.88. The van der Waals surface area contributed by atoms with Gasteiger partial charge in [-0.1, -0.05) is 48.9 Å². The first-order chi connectivity index (χ1) is 18.5. The van der Waals surface area contributed by atoms with Crippen molar-refractivity contribution in [1.29, 1.82) is 0 Å². The molecule has 0 radical (unpaired) electrons. The summed E-state index contributed by atoms with van der Waals surface area (Å²) in [6, 6.07) is 16.8. The first-order valence-electron chi connectivity index (χ1n) is 13.2. The molecule has 1 atom stereocenters. The summed E-state index contributed by atoms with van der Waals surface area (Å²) < 4.78 is 16.5. The maximum Gasteiger partial charge on any atom is 0.416 e. The number of para-hydroxylation sites is 1. The number of fused-ring (bicyclic) bond motifs is 1. The fourth-order valence-corrected chi connectivity index (χ4v) is 4.82. The van der Waals surface area contributed by atoms with Crippen molar-refractivity contribution in [2.24, 2.45) is 0 Å². The minimum absolute atomic E-state index is 0.0487. The molecule has 1 saturated carbocycles. The van der Waals surface area contributed by atoms with Crippen LogP contribution in [0, 0.1) is 0 Å². The van der Waals surface area contributed by atoms with Crippen LogP contribution in [0.15, 0.2) is 72.6 Å². The van der Waals surface area contributed by atoms with Gasteiger partial charge in [0, 0.05) is 17.5 Å². The average molecular weight is 519 g/mol. The molecule has 0 saturated heterocycles. The molecule has 0 bridgehead atoms. The number of carbonyl (C=O) groups is 3. The zero-order valence-electron chi connectivity index (χ0n) is 21.9. The highest BCUT2D eigenvalue weighted by atomic mass is 16.6. The van der Waals surface area contributed by atoms with Crippen LogP contribution in [0.2, 0.25) is 0 Å². The lowest BCUT2D eigenvalue weighted by atomic mass is 9.97. The highest BCUT2D eigenvalue weighted by Gasteiger charge is 2.39. The monoisotopic (exact) mass is 518 g/mol. The Bertz CT molecular complexity index is 1190. The minimum atomic E-state index is -0.834. The average Bonchev–Trinajstić information content (AvgIpc) is 2.93. The molecule has 38 heavy (non-hydrogen) atoms. The fraction of sp³-hybridized carbons (Fsp3) is 0.367. The second-order valence-corrected chi connectivity index (χ2v) is 9.08. The number of esters is 2. The smallest absolute Gasteiger partial charge is 0.416 e. The van der Waals surface area contributed by atoms with Gasteiger partial charge in [-0.15, -0.1) is 0 Å². The number of nitrogens with zero attached hydrogens (tertiary/aromatic N) is 2. The Kier molecular flexibility index (Phi) is 9.19. The summed E-state index contributed by atoms with van der Waals surface area (Å²) in [6.45, 7) is 3.64. The van der Waals surface area contributed by atoms with Crippen LogP contribution < -0.4 is 4.90 Å². The van der Waals surface area contributed by atoms with Crippen LogP contribution in [-0.4, -0.2) is 42.2 Å². The highest BCUT2D eigenvalue weighted by molar-refractivity contribution is 5.97. The number of carbonyl (C=O) groups excluding carboxylic acids is 3. The second-order valence-electron chi connectivity index (χ2n) is 9.08. The molecule has 0 N–H and O–H groups in total. The molecule has 8 nitrogen and oxygen atoms in total. The molecule has 0 aromatic heterocycles. The van der Waals surface area contributed by atoms with Crippen molar-refractivity contribution in [2.75, 3.05) is 18.1 Å². The molecular weight excluding hydrogens is 484 g/mol. The second kappa shape index (κ2) is 12.9. The van der Waals surface area contributed by atoms with E-state index >= 15 is 0 Å². The van der Waals surface area contributed by atoms with Crippen LogP contribution in [0.25, 0.3) is 6.08 Å². The Morgan fingerprint density at radius 2 is 1.61 bits per heavy atom. The third kappa shape index (κ3) is 6.25. The van der Waals surface area contributed by atoms with Crippen molar-refractivity contribution in [3.63, 3.8) is 0 Å². The van der Waals surface area contributed by atoms with E-state index in [-0.39, 0.29) is 25.0 Å². The minimum Gasteiger partial charge on any atom is -0.463 e. The predicted molar refractivity (Wildman–Crippen MR) is 144 cm³/mol. The van der Waals surface area contributed by atoms with Gasteiger partial charge in [0.25, 0.3) is 0 Å². The van der Waals surface area contributed by atoms with Crippen molar-refractivity contribution >= 4 is 29.8 Å². The van der Waals surface area contributed by atoms with Crippen molar-refractivity contribution < 1.29 is 28.6 Å². The van der Waals surface area contributed by atoms with E-state index in [1.807, 2.05) is 60.7 Å². The standard InChI is InChI=1S/C30H34N2O6/c1-3-36-27(33)21-26(29(34)37-4-2)31-20-19-22-13-11-12-18-25(22)28(31)32(23-14-7-5-8-15-23)30(35)38-24-16-9-6-10-17-24/h5,7-8,11-15,18-21,24,28H,3-4,6,9-10,16-17H2,1-2H3/b26-21+. The van der Waals surface area contributed by atoms with E-state index in [1.165, 1.54) is 4.90 Å². The molecule has 1 fully saturated rings. The van der Waals surface area contributed by atoms with E-state index in [9.17, 15) is 14.4 Å². The summed E-state index contributed by atoms with van der Waals surface area (Å²) in [5.41, 5.74) is 2.18. The number of anilines is 1. The third-order valence-electron chi connectivity index (χ3n) is 6.55. The van der Waals surface area contributed by atoms with Gasteiger partial charge in [0.15, 0.2) is 0 Å². The summed E-state index contributed by atoms with van der Waals surface area (Å²) in [5.74, 6) is -1.39. The number of benzene rings is 2. The largest absolute Gasteiger partial charge is 0.463 e. The number of rotatable bonds is 8. The number of hydrogen-bond donors (Lipinski definition) is 0. The van der Waals surface area contributed by atoms with Crippen LogP contribution in [0.1, 0.15) is 63.2 Å². The van der Waals surface area contributed by atoms with Crippen LogP contribution in [0.5, 0.6) is 0 Å². The quantitative estimate of drug-likeness (QED) is 0.242. The van der Waals surface area contributed by atoms with Crippen molar-refractivity contribution in [3.05, 3.63) is 83.7 Å². The van der Waals surface area contributed by atoms with E-state index in [1.54, 1.807) is 24.9 Å².